The molecule has 0 aliphatic heterocycles. The van der Waals surface area contributed by atoms with Gasteiger partial charge in [0.25, 0.3) is 0 Å². The maximum Gasteiger partial charge on any atom is 0.242 e. The zero-order valence-corrected chi connectivity index (χ0v) is 16.1. The zero-order chi connectivity index (χ0) is 19.1. The van der Waals surface area contributed by atoms with Crippen molar-refractivity contribution in [2.45, 2.75) is 39.7 Å². The van der Waals surface area contributed by atoms with Crippen molar-refractivity contribution >= 4 is 11.8 Å². The molecule has 2 aromatic carbocycles. The van der Waals surface area contributed by atoms with Crippen molar-refractivity contribution in [2.75, 3.05) is 13.6 Å². The van der Waals surface area contributed by atoms with Crippen molar-refractivity contribution in [2.24, 2.45) is 0 Å². The molecule has 0 heterocycles. The van der Waals surface area contributed by atoms with Gasteiger partial charge in [0.15, 0.2) is 0 Å². The largest absolute Gasteiger partial charge is 0.357 e. The molecule has 0 aliphatic rings. The van der Waals surface area contributed by atoms with Crippen molar-refractivity contribution < 1.29 is 9.59 Å². The number of carbonyl (C=O) groups is 2. The van der Waals surface area contributed by atoms with E-state index in [0.717, 1.165) is 28.7 Å². The van der Waals surface area contributed by atoms with Crippen LogP contribution in [-0.4, -0.2) is 36.3 Å². The SMILES string of the molecule is CNC(=O)[C@H](C)N(CCc1ccccc1)C(=O)Cc1cc(C)cc(C)c1. The topological polar surface area (TPSA) is 49.4 Å². The molecule has 4 nitrogen and oxygen atoms in total. The van der Waals surface area contributed by atoms with Gasteiger partial charge in [0.2, 0.25) is 11.8 Å². The third-order valence-corrected chi connectivity index (χ3v) is 4.53. The van der Waals surface area contributed by atoms with Gasteiger partial charge in [-0.25, -0.2) is 0 Å². The minimum absolute atomic E-state index is 0.0259. The Hall–Kier alpha value is -2.62. The predicted molar refractivity (Wildman–Crippen MR) is 105 cm³/mol. The van der Waals surface area contributed by atoms with Crippen LogP contribution in [0.3, 0.4) is 0 Å². The van der Waals surface area contributed by atoms with Crippen LogP contribution in [0.4, 0.5) is 0 Å². The molecule has 0 unspecified atom stereocenters. The van der Waals surface area contributed by atoms with Gasteiger partial charge < -0.3 is 10.2 Å². The van der Waals surface area contributed by atoms with Crippen molar-refractivity contribution in [1.29, 1.82) is 0 Å². The number of likely N-dealkylation sites (N-methyl/N-ethyl adjacent to an activating group) is 1. The Morgan fingerprint density at radius 3 is 2.19 bits per heavy atom. The maximum atomic E-state index is 13.0. The molecule has 0 aromatic heterocycles. The molecule has 0 fully saturated rings. The first-order chi connectivity index (χ1) is 12.4. The molecule has 2 amide bonds. The summed E-state index contributed by atoms with van der Waals surface area (Å²) < 4.78 is 0. The van der Waals surface area contributed by atoms with E-state index in [2.05, 4.69) is 11.4 Å². The first kappa shape index (κ1) is 19.7. The van der Waals surface area contributed by atoms with E-state index in [0.29, 0.717) is 13.0 Å². The van der Waals surface area contributed by atoms with Crippen LogP contribution in [0.25, 0.3) is 0 Å². The second-order valence-electron chi connectivity index (χ2n) is 6.79. The second-order valence-corrected chi connectivity index (χ2v) is 6.79. The van der Waals surface area contributed by atoms with Crippen LogP contribution >= 0.6 is 0 Å². The summed E-state index contributed by atoms with van der Waals surface area (Å²) in [4.78, 5) is 26.8. The lowest BCUT2D eigenvalue weighted by Gasteiger charge is -2.28. The Labute approximate surface area is 156 Å². The minimum atomic E-state index is -0.498. The van der Waals surface area contributed by atoms with E-state index in [1.807, 2.05) is 56.3 Å². The molecule has 0 bridgehead atoms. The number of amides is 2. The number of benzene rings is 2. The number of carbonyl (C=O) groups excluding carboxylic acids is 2. The third-order valence-electron chi connectivity index (χ3n) is 4.53. The highest BCUT2D eigenvalue weighted by Crippen LogP contribution is 2.13. The van der Waals surface area contributed by atoms with Gasteiger partial charge in [0, 0.05) is 13.6 Å². The van der Waals surface area contributed by atoms with Crippen LogP contribution < -0.4 is 5.32 Å². The monoisotopic (exact) mass is 352 g/mol. The molecule has 0 saturated carbocycles. The summed E-state index contributed by atoms with van der Waals surface area (Å²) >= 11 is 0. The summed E-state index contributed by atoms with van der Waals surface area (Å²) in [5, 5.41) is 2.65. The fourth-order valence-corrected chi connectivity index (χ4v) is 3.23. The van der Waals surface area contributed by atoms with Crippen LogP contribution in [0.5, 0.6) is 0 Å². The summed E-state index contributed by atoms with van der Waals surface area (Å²) in [6, 6.07) is 15.7. The summed E-state index contributed by atoms with van der Waals surface area (Å²) in [6.45, 7) is 6.36. The summed E-state index contributed by atoms with van der Waals surface area (Å²) in [7, 11) is 1.60. The minimum Gasteiger partial charge on any atom is -0.357 e. The molecule has 0 saturated heterocycles. The number of nitrogens with zero attached hydrogens (tertiary/aromatic N) is 1. The molecule has 1 atom stereocenters. The number of hydrogen-bond donors (Lipinski definition) is 1. The van der Waals surface area contributed by atoms with Crippen molar-refractivity contribution in [3.8, 4) is 0 Å². The fraction of sp³-hybridized carbons (Fsp3) is 0.364. The Balaban J connectivity index is 2.15. The van der Waals surface area contributed by atoms with E-state index in [1.54, 1.807) is 18.9 Å². The Morgan fingerprint density at radius 2 is 1.62 bits per heavy atom. The molecular formula is C22H28N2O2. The first-order valence-corrected chi connectivity index (χ1v) is 9.03. The van der Waals surface area contributed by atoms with E-state index in [4.69, 9.17) is 0 Å². The Bertz CT molecular complexity index is 736. The normalized spacial score (nSPS) is 11.7. The highest BCUT2D eigenvalue weighted by Gasteiger charge is 2.25. The van der Waals surface area contributed by atoms with Crippen molar-refractivity contribution in [3.63, 3.8) is 0 Å². The van der Waals surface area contributed by atoms with Crippen molar-refractivity contribution in [1.82, 2.24) is 10.2 Å². The lowest BCUT2D eigenvalue weighted by Crippen LogP contribution is -2.48. The number of nitrogens with one attached hydrogen (secondary N) is 1. The van der Waals surface area contributed by atoms with E-state index >= 15 is 0 Å². The van der Waals surface area contributed by atoms with Crippen LogP contribution in [0.2, 0.25) is 0 Å². The molecule has 2 aromatic rings. The maximum absolute atomic E-state index is 13.0. The Morgan fingerprint density at radius 1 is 1.00 bits per heavy atom. The van der Waals surface area contributed by atoms with Crippen LogP contribution in [0, 0.1) is 13.8 Å². The average Bonchev–Trinajstić information content (AvgIpc) is 2.61. The fourth-order valence-electron chi connectivity index (χ4n) is 3.23. The van der Waals surface area contributed by atoms with Gasteiger partial charge in [-0.15, -0.1) is 0 Å². The average molecular weight is 352 g/mol. The van der Waals surface area contributed by atoms with Gasteiger partial charge in [0.05, 0.1) is 6.42 Å². The molecular weight excluding hydrogens is 324 g/mol. The number of aryl methyl sites for hydroxylation is 2. The van der Waals surface area contributed by atoms with E-state index < -0.39 is 6.04 Å². The van der Waals surface area contributed by atoms with Gasteiger partial charge >= 0.3 is 0 Å². The first-order valence-electron chi connectivity index (χ1n) is 9.03. The number of rotatable bonds is 7. The molecule has 4 heteroatoms. The second kappa shape index (κ2) is 9.18. The van der Waals surface area contributed by atoms with Gasteiger partial charge in [-0.3, -0.25) is 9.59 Å². The smallest absolute Gasteiger partial charge is 0.242 e. The highest BCUT2D eigenvalue weighted by atomic mass is 16.2. The van der Waals surface area contributed by atoms with Crippen molar-refractivity contribution in [3.05, 3.63) is 70.8 Å². The molecule has 0 radical (unpaired) electrons. The van der Waals surface area contributed by atoms with Crippen LogP contribution in [-0.2, 0) is 22.4 Å². The molecule has 2 rings (SSSR count). The van der Waals surface area contributed by atoms with Crippen LogP contribution in [0.15, 0.2) is 48.5 Å². The number of hydrogen-bond acceptors (Lipinski definition) is 2. The van der Waals surface area contributed by atoms with Gasteiger partial charge in [-0.2, -0.15) is 0 Å². The molecule has 0 spiro atoms. The van der Waals surface area contributed by atoms with Gasteiger partial charge in [-0.1, -0.05) is 59.7 Å². The third kappa shape index (κ3) is 5.45. The highest BCUT2D eigenvalue weighted by molar-refractivity contribution is 5.88. The van der Waals surface area contributed by atoms with Gasteiger partial charge in [-0.05, 0) is 38.3 Å². The molecule has 1 N–H and O–H groups in total. The summed E-state index contributed by atoms with van der Waals surface area (Å²) in [5.41, 5.74) is 4.42. The molecule has 0 aliphatic carbocycles. The Kier molecular flexibility index (Phi) is 6.96. The van der Waals surface area contributed by atoms with E-state index in [9.17, 15) is 9.59 Å². The van der Waals surface area contributed by atoms with E-state index in [1.165, 1.54) is 0 Å². The van der Waals surface area contributed by atoms with Gasteiger partial charge in [0.1, 0.15) is 6.04 Å². The van der Waals surface area contributed by atoms with E-state index in [-0.39, 0.29) is 11.8 Å². The lowest BCUT2D eigenvalue weighted by atomic mass is 10.0. The predicted octanol–water partition coefficient (Wildman–Crippen LogP) is 3.05. The molecule has 138 valence electrons. The zero-order valence-electron chi connectivity index (χ0n) is 16.1. The van der Waals surface area contributed by atoms with Crippen LogP contribution in [0.1, 0.15) is 29.2 Å². The molecule has 26 heavy (non-hydrogen) atoms. The summed E-state index contributed by atoms with van der Waals surface area (Å²) in [6.07, 6.45) is 1.03. The summed E-state index contributed by atoms with van der Waals surface area (Å²) in [5.74, 6) is -0.172. The quantitative estimate of drug-likeness (QED) is 0.833. The lowest BCUT2D eigenvalue weighted by molar-refractivity contribution is -0.139. The standard InChI is InChI=1S/C22H28N2O2/c1-16-12-17(2)14-20(13-16)15-21(25)24(18(3)22(26)23-4)11-10-19-8-6-5-7-9-19/h5-9,12-14,18H,10-11,15H2,1-4H3,(H,23,26)/t18-/m0/s1.